The SMILES string of the molecule is COc1c(Br)cc(Cl)cc1S(=O)(=O)N1C[C@H]2CNC[C@H]2C1.Cl. The second-order valence-electron chi connectivity index (χ2n) is 5.42. The molecule has 0 spiro atoms. The molecule has 1 aromatic carbocycles. The van der Waals surface area contributed by atoms with Gasteiger partial charge in [-0.2, -0.15) is 4.31 Å². The average Bonchev–Trinajstić information content (AvgIpc) is 2.98. The molecule has 1 aromatic rings. The van der Waals surface area contributed by atoms with Crippen molar-refractivity contribution in [3.8, 4) is 5.75 Å². The van der Waals surface area contributed by atoms with Crippen LogP contribution in [0.1, 0.15) is 0 Å². The molecule has 0 amide bonds. The first-order chi connectivity index (χ1) is 9.93. The first kappa shape index (κ1) is 18.3. The van der Waals surface area contributed by atoms with E-state index in [2.05, 4.69) is 21.2 Å². The van der Waals surface area contributed by atoms with E-state index < -0.39 is 10.0 Å². The number of fused-ring (bicyclic) bond motifs is 1. The fourth-order valence-corrected chi connectivity index (χ4v) is 6.00. The van der Waals surface area contributed by atoms with Crippen LogP contribution in [0.4, 0.5) is 0 Å². The van der Waals surface area contributed by atoms with E-state index in [0.29, 0.717) is 40.2 Å². The van der Waals surface area contributed by atoms with Gasteiger partial charge < -0.3 is 10.1 Å². The summed E-state index contributed by atoms with van der Waals surface area (Å²) in [4.78, 5) is 0.123. The Bertz CT molecular complexity index is 659. The van der Waals surface area contributed by atoms with E-state index in [1.54, 1.807) is 10.4 Å². The van der Waals surface area contributed by atoms with Crippen LogP contribution in [0.2, 0.25) is 5.02 Å². The second kappa shape index (κ2) is 6.83. The Morgan fingerprint density at radius 3 is 2.45 bits per heavy atom. The van der Waals surface area contributed by atoms with Crippen molar-refractivity contribution in [1.29, 1.82) is 0 Å². The Balaban J connectivity index is 0.00000176. The van der Waals surface area contributed by atoms with Gasteiger partial charge in [0.1, 0.15) is 4.90 Å². The summed E-state index contributed by atoms with van der Waals surface area (Å²) in [5.41, 5.74) is 0. The maximum atomic E-state index is 12.9. The Morgan fingerprint density at radius 1 is 1.32 bits per heavy atom. The molecule has 2 aliphatic rings. The van der Waals surface area contributed by atoms with Gasteiger partial charge in [0.15, 0.2) is 5.75 Å². The van der Waals surface area contributed by atoms with Gasteiger partial charge in [-0.05, 0) is 53.0 Å². The van der Waals surface area contributed by atoms with Gasteiger partial charge in [-0.3, -0.25) is 0 Å². The highest BCUT2D eigenvalue weighted by atomic mass is 79.9. The van der Waals surface area contributed by atoms with E-state index in [9.17, 15) is 8.42 Å². The normalized spacial score (nSPS) is 24.9. The summed E-state index contributed by atoms with van der Waals surface area (Å²) < 4.78 is 33.1. The van der Waals surface area contributed by atoms with E-state index in [1.165, 1.54) is 13.2 Å². The van der Waals surface area contributed by atoms with Crippen molar-refractivity contribution < 1.29 is 13.2 Å². The number of nitrogens with one attached hydrogen (secondary N) is 1. The number of rotatable bonds is 3. The molecule has 0 saturated carbocycles. The lowest BCUT2D eigenvalue weighted by molar-refractivity contribution is 0.393. The number of methoxy groups -OCH3 is 1. The van der Waals surface area contributed by atoms with Crippen LogP contribution in [0.3, 0.4) is 0 Å². The molecule has 3 rings (SSSR count). The summed E-state index contributed by atoms with van der Waals surface area (Å²) in [6.07, 6.45) is 0. The minimum atomic E-state index is -3.60. The van der Waals surface area contributed by atoms with Crippen LogP contribution in [0.15, 0.2) is 21.5 Å². The topological polar surface area (TPSA) is 58.6 Å². The number of benzene rings is 1. The predicted molar refractivity (Wildman–Crippen MR) is 91.6 cm³/mol. The number of ether oxygens (including phenoxy) is 1. The molecular weight excluding hydrogens is 415 g/mol. The highest BCUT2D eigenvalue weighted by Gasteiger charge is 2.42. The third kappa shape index (κ3) is 3.12. The fourth-order valence-electron chi connectivity index (χ4n) is 3.07. The van der Waals surface area contributed by atoms with Crippen molar-refractivity contribution in [2.75, 3.05) is 33.3 Å². The van der Waals surface area contributed by atoms with E-state index in [0.717, 1.165) is 13.1 Å². The Morgan fingerprint density at radius 2 is 1.91 bits per heavy atom. The quantitative estimate of drug-likeness (QED) is 0.798. The van der Waals surface area contributed by atoms with Gasteiger partial charge >= 0.3 is 0 Å². The molecule has 2 aliphatic heterocycles. The molecule has 2 atom stereocenters. The summed E-state index contributed by atoms with van der Waals surface area (Å²) in [5, 5.41) is 3.67. The fraction of sp³-hybridized carbons (Fsp3) is 0.538. The van der Waals surface area contributed by atoms with E-state index in [-0.39, 0.29) is 17.3 Å². The first-order valence-corrected chi connectivity index (χ1v) is 9.28. The van der Waals surface area contributed by atoms with E-state index in [4.69, 9.17) is 16.3 Å². The van der Waals surface area contributed by atoms with Crippen LogP contribution in [0.5, 0.6) is 5.75 Å². The highest BCUT2D eigenvalue weighted by molar-refractivity contribution is 9.10. The minimum Gasteiger partial charge on any atom is -0.494 e. The summed E-state index contributed by atoms with van der Waals surface area (Å²) in [5.74, 6) is 1.09. The third-order valence-electron chi connectivity index (χ3n) is 4.15. The molecule has 124 valence electrons. The molecule has 1 N–H and O–H groups in total. The van der Waals surface area contributed by atoms with Gasteiger partial charge in [0, 0.05) is 18.1 Å². The second-order valence-corrected chi connectivity index (χ2v) is 8.62. The minimum absolute atomic E-state index is 0. The van der Waals surface area contributed by atoms with Crippen molar-refractivity contribution >= 4 is 50.0 Å². The van der Waals surface area contributed by atoms with Crippen molar-refractivity contribution in [2.24, 2.45) is 11.8 Å². The van der Waals surface area contributed by atoms with Gasteiger partial charge in [-0.15, -0.1) is 12.4 Å². The molecule has 9 heteroatoms. The summed E-state index contributed by atoms with van der Waals surface area (Å²) in [6, 6.07) is 3.08. The maximum absolute atomic E-state index is 12.9. The van der Waals surface area contributed by atoms with Gasteiger partial charge in [0.2, 0.25) is 10.0 Å². The highest BCUT2D eigenvalue weighted by Crippen LogP contribution is 2.39. The molecule has 22 heavy (non-hydrogen) atoms. The number of halogens is 3. The molecule has 0 aliphatic carbocycles. The van der Waals surface area contributed by atoms with Crippen LogP contribution in [-0.2, 0) is 10.0 Å². The van der Waals surface area contributed by atoms with E-state index >= 15 is 0 Å². The van der Waals surface area contributed by atoms with Gasteiger partial charge in [-0.25, -0.2) is 8.42 Å². The zero-order valence-corrected chi connectivity index (χ0v) is 15.9. The number of sulfonamides is 1. The number of hydrogen-bond acceptors (Lipinski definition) is 4. The molecule has 2 fully saturated rings. The predicted octanol–water partition coefficient (Wildman–Crippen LogP) is 2.37. The molecule has 0 unspecified atom stereocenters. The smallest absolute Gasteiger partial charge is 0.246 e. The van der Waals surface area contributed by atoms with Crippen molar-refractivity contribution in [3.05, 3.63) is 21.6 Å². The van der Waals surface area contributed by atoms with Crippen molar-refractivity contribution in [3.63, 3.8) is 0 Å². The number of nitrogens with zero attached hydrogens (tertiary/aromatic N) is 1. The zero-order chi connectivity index (χ0) is 15.2. The lowest BCUT2D eigenvalue weighted by Gasteiger charge is -2.20. The van der Waals surface area contributed by atoms with Crippen molar-refractivity contribution in [2.45, 2.75) is 4.90 Å². The largest absolute Gasteiger partial charge is 0.494 e. The molecule has 5 nitrogen and oxygen atoms in total. The maximum Gasteiger partial charge on any atom is 0.246 e. The summed E-state index contributed by atoms with van der Waals surface area (Å²) in [7, 11) is -2.15. The van der Waals surface area contributed by atoms with Gasteiger partial charge in [0.05, 0.1) is 11.6 Å². The summed E-state index contributed by atoms with van der Waals surface area (Å²) in [6.45, 7) is 2.86. The van der Waals surface area contributed by atoms with E-state index in [1.807, 2.05) is 0 Å². The van der Waals surface area contributed by atoms with Crippen LogP contribution >= 0.6 is 39.9 Å². The molecule has 0 radical (unpaired) electrons. The average molecular weight is 432 g/mol. The first-order valence-electron chi connectivity index (χ1n) is 6.67. The van der Waals surface area contributed by atoms with Crippen LogP contribution < -0.4 is 10.1 Å². The Labute approximate surface area is 149 Å². The Hall–Kier alpha value is -0.0500. The van der Waals surface area contributed by atoms with Crippen LogP contribution in [0.25, 0.3) is 0 Å². The molecule has 2 saturated heterocycles. The van der Waals surface area contributed by atoms with Crippen molar-refractivity contribution in [1.82, 2.24) is 9.62 Å². The van der Waals surface area contributed by atoms with Gasteiger partial charge in [-0.1, -0.05) is 11.6 Å². The zero-order valence-electron chi connectivity index (χ0n) is 11.9. The molecular formula is C13H17BrCl2N2O3S. The Kier molecular flexibility index (Phi) is 5.68. The third-order valence-corrected chi connectivity index (χ3v) is 6.80. The lowest BCUT2D eigenvalue weighted by atomic mass is 10.0. The summed E-state index contributed by atoms with van der Waals surface area (Å²) >= 11 is 9.31. The lowest BCUT2D eigenvalue weighted by Crippen LogP contribution is -2.32. The van der Waals surface area contributed by atoms with Gasteiger partial charge in [0.25, 0.3) is 0 Å². The van der Waals surface area contributed by atoms with Crippen LogP contribution in [-0.4, -0.2) is 46.0 Å². The number of hydrogen-bond donors (Lipinski definition) is 1. The standard InChI is InChI=1S/C13H16BrClN2O3S.ClH/c1-20-13-11(14)2-10(15)3-12(13)21(18,19)17-6-8-4-16-5-9(8)7-17;/h2-3,8-9,16H,4-7H2,1H3;1H/t8-,9+;. The molecule has 2 heterocycles. The molecule has 0 aromatic heterocycles. The molecule has 0 bridgehead atoms. The van der Waals surface area contributed by atoms with Crippen LogP contribution in [0, 0.1) is 11.8 Å². The monoisotopic (exact) mass is 430 g/mol.